The molecule has 0 aliphatic rings. The Kier molecular flexibility index (Phi) is 5.13. The Morgan fingerprint density at radius 3 is 1.44 bits per heavy atom. The van der Waals surface area contributed by atoms with Gasteiger partial charge in [0, 0.05) is 36.2 Å². The average Bonchev–Trinajstić information content (AvgIpc) is 3.54. The first kappa shape index (κ1) is 19.6. The van der Waals surface area contributed by atoms with Crippen molar-refractivity contribution in [3.8, 4) is 45.9 Å². The number of hydrogen-bond donors (Lipinski definition) is 0. The quantitative estimate of drug-likeness (QED) is 0.392. The lowest BCUT2D eigenvalue weighted by molar-refractivity contribution is 0.414. The lowest BCUT2D eigenvalue weighted by Gasteiger charge is -2.11. The summed E-state index contributed by atoms with van der Waals surface area (Å²) in [6, 6.07) is 21.5. The normalized spacial score (nSPS) is 10.8. The number of imidazole rings is 2. The zero-order valence-electron chi connectivity index (χ0n) is 17.7. The smallest absolute Gasteiger partial charge is 0.163 e. The first-order valence-electron chi connectivity index (χ1n) is 10.1. The molecule has 0 amide bonds. The van der Waals surface area contributed by atoms with Crippen LogP contribution in [0.3, 0.4) is 0 Å². The van der Waals surface area contributed by atoms with E-state index in [0.29, 0.717) is 0 Å². The number of benzene rings is 2. The largest absolute Gasteiger partial charge is 0.497 e. The summed E-state index contributed by atoms with van der Waals surface area (Å²) in [5, 5.41) is 0. The highest BCUT2D eigenvalue weighted by Crippen LogP contribution is 2.26. The molecule has 0 saturated carbocycles. The van der Waals surface area contributed by atoms with E-state index in [9.17, 15) is 0 Å². The molecular formula is C25H21N5O2. The highest BCUT2D eigenvalue weighted by atomic mass is 16.5. The Balaban J connectivity index is 1.52. The highest BCUT2D eigenvalue weighted by Gasteiger charge is 2.14. The summed E-state index contributed by atoms with van der Waals surface area (Å²) in [7, 11) is 3.31. The second kappa shape index (κ2) is 8.39. The third kappa shape index (κ3) is 3.60. The average molecular weight is 423 g/mol. The number of nitrogens with zero attached hydrogens (tertiary/aromatic N) is 5. The number of ether oxygens (including phenoxy) is 2. The molecule has 0 bridgehead atoms. The minimum Gasteiger partial charge on any atom is -0.497 e. The summed E-state index contributed by atoms with van der Waals surface area (Å²) < 4.78 is 14.5. The van der Waals surface area contributed by atoms with Crippen LogP contribution < -0.4 is 9.47 Å². The van der Waals surface area contributed by atoms with Crippen LogP contribution >= 0.6 is 0 Å². The Morgan fingerprint density at radius 2 is 1.03 bits per heavy atom. The van der Waals surface area contributed by atoms with Gasteiger partial charge in [0.1, 0.15) is 22.9 Å². The first-order valence-corrected chi connectivity index (χ1v) is 10.1. The Hall–Kier alpha value is -4.39. The van der Waals surface area contributed by atoms with Gasteiger partial charge < -0.3 is 9.47 Å². The molecule has 0 unspecified atom stereocenters. The van der Waals surface area contributed by atoms with E-state index in [1.165, 1.54) is 0 Å². The standard InChI is InChI=1S/C25H21N5O2/c1-31-20-10-6-18(7-11-20)29-16-14-26-24(29)22-4-3-5-23(28-22)25-27-15-17-30(25)19-8-12-21(32-2)13-9-19/h3-17H,1-2H3. The van der Waals surface area contributed by atoms with E-state index < -0.39 is 0 Å². The van der Waals surface area contributed by atoms with E-state index in [1.54, 1.807) is 26.6 Å². The molecule has 0 spiro atoms. The molecule has 0 fully saturated rings. The minimum absolute atomic E-state index is 0.750. The van der Waals surface area contributed by atoms with Crippen molar-refractivity contribution in [2.24, 2.45) is 0 Å². The zero-order chi connectivity index (χ0) is 21.9. The molecule has 158 valence electrons. The lowest BCUT2D eigenvalue weighted by Crippen LogP contribution is -2.01. The van der Waals surface area contributed by atoms with Gasteiger partial charge in [0.25, 0.3) is 0 Å². The van der Waals surface area contributed by atoms with Crippen LogP contribution in [0.5, 0.6) is 11.5 Å². The predicted octanol–water partition coefficient (Wildman–Crippen LogP) is 4.80. The molecule has 0 atom stereocenters. The van der Waals surface area contributed by atoms with Crippen LogP contribution in [-0.2, 0) is 0 Å². The Labute approximate surface area is 185 Å². The fourth-order valence-corrected chi connectivity index (χ4v) is 3.57. The van der Waals surface area contributed by atoms with Crippen molar-refractivity contribution in [1.82, 2.24) is 24.1 Å². The van der Waals surface area contributed by atoms with Crippen LogP contribution in [0.25, 0.3) is 34.4 Å². The zero-order valence-corrected chi connectivity index (χ0v) is 17.7. The molecule has 3 aromatic heterocycles. The summed E-state index contributed by atoms with van der Waals surface area (Å²) in [6.07, 6.45) is 7.38. The van der Waals surface area contributed by atoms with Crippen LogP contribution in [0.1, 0.15) is 0 Å². The van der Waals surface area contributed by atoms with Gasteiger partial charge in [-0.3, -0.25) is 9.13 Å². The fourth-order valence-electron chi connectivity index (χ4n) is 3.57. The third-order valence-corrected chi connectivity index (χ3v) is 5.19. The molecule has 0 saturated heterocycles. The van der Waals surface area contributed by atoms with E-state index in [4.69, 9.17) is 14.5 Å². The van der Waals surface area contributed by atoms with Crippen LogP contribution in [0.4, 0.5) is 0 Å². The van der Waals surface area contributed by atoms with Crippen molar-refractivity contribution in [2.45, 2.75) is 0 Å². The van der Waals surface area contributed by atoms with Gasteiger partial charge in [-0.2, -0.15) is 0 Å². The molecular weight excluding hydrogens is 402 g/mol. The van der Waals surface area contributed by atoms with Gasteiger partial charge in [-0.1, -0.05) is 6.07 Å². The van der Waals surface area contributed by atoms with Crippen molar-refractivity contribution in [3.05, 3.63) is 91.5 Å². The van der Waals surface area contributed by atoms with Gasteiger partial charge in [-0.25, -0.2) is 15.0 Å². The van der Waals surface area contributed by atoms with Crippen LogP contribution in [0.2, 0.25) is 0 Å². The number of hydrogen-bond acceptors (Lipinski definition) is 5. The molecule has 5 aromatic rings. The molecule has 7 nitrogen and oxygen atoms in total. The van der Waals surface area contributed by atoms with Crippen LogP contribution in [-0.4, -0.2) is 38.3 Å². The monoisotopic (exact) mass is 423 g/mol. The predicted molar refractivity (Wildman–Crippen MR) is 122 cm³/mol. The Morgan fingerprint density at radius 1 is 0.594 bits per heavy atom. The van der Waals surface area contributed by atoms with Crippen molar-refractivity contribution >= 4 is 0 Å². The van der Waals surface area contributed by atoms with E-state index in [1.807, 2.05) is 88.3 Å². The maximum absolute atomic E-state index is 5.27. The summed E-state index contributed by atoms with van der Waals surface area (Å²) in [6.45, 7) is 0. The highest BCUT2D eigenvalue weighted by molar-refractivity contribution is 5.61. The number of pyridine rings is 1. The van der Waals surface area contributed by atoms with Gasteiger partial charge in [0.2, 0.25) is 0 Å². The molecule has 0 aliphatic heterocycles. The molecule has 0 aliphatic carbocycles. The van der Waals surface area contributed by atoms with E-state index >= 15 is 0 Å². The molecule has 3 heterocycles. The fraction of sp³-hybridized carbons (Fsp3) is 0.0800. The summed E-state index contributed by atoms with van der Waals surface area (Å²) in [5.74, 6) is 3.11. The summed E-state index contributed by atoms with van der Waals surface area (Å²) in [5.41, 5.74) is 3.47. The van der Waals surface area contributed by atoms with Crippen molar-refractivity contribution in [2.75, 3.05) is 14.2 Å². The van der Waals surface area contributed by atoms with E-state index in [0.717, 1.165) is 45.9 Å². The number of rotatable bonds is 6. The number of methoxy groups -OCH3 is 2. The Bertz CT molecular complexity index is 1240. The first-order chi connectivity index (χ1) is 15.8. The maximum Gasteiger partial charge on any atom is 0.163 e. The van der Waals surface area contributed by atoms with Crippen LogP contribution in [0, 0.1) is 0 Å². The van der Waals surface area contributed by atoms with Crippen molar-refractivity contribution in [3.63, 3.8) is 0 Å². The van der Waals surface area contributed by atoms with Crippen LogP contribution in [0.15, 0.2) is 91.5 Å². The second-order valence-electron chi connectivity index (χ2n) is 7.05. The number of aromatic nitrogens is 5. The van der Waals surface area contributed by atoms with Crippen molar-refractivity contribution < 1.29 is 9.47 Å². The van der Waals surface area contributed by atoms with Gasteiger partial charge >= 0.3 is 0 Å². The maximum atomic E-state index is 5.27. The topological polar surface area (TPSA) is 67.0 Å². The van der Waals surface area contributed by atoms with Gasteiger partial charge in [0.15, 0.2) is 11.6 Å². The van der Waals surface area contributed by atoms with Gasteiger partial charge in [-0.05, 0) is 60.7 Å². The van der Waals surface area contributed by atoms with E-state index in [2.05, 4.69) is 9.97 Å². The van der Waals surface area contributed by atoms with Crippen molar-refractivity contribution in [1.29, 1.82) is 0 Å². The molecule has 0 radical (unpaired) electrons. The van der Waals surface area contributed by atoms with Gasteiger partial charge in [0.05, 0.1) is 14.2 Å². The van der Waals surface area contributed by atoms with Gasteiger partial charge in [-0.15, -0.1) is 0 Å². The van der Waals surface area contributed by atoms with E-state index in [-0.39, 0.29) is 0 Å². The molecule has 5 rings (SSSR count). The molecule has 32 heavy (non-hydrogen) atoms. The third-order valence-electron chi connectivity index (χ3n) is 5.19. The molecule has 7 heteroatoms. The molecule has 0 N–H and O–H groups in total. The SMILES string of the molecule is COc1ccc(-n2ccnc2-c2cccc(-c3nccn3-c3ccc(OC)cc3)n2)cc1. The molecule has 2 aromatic carbocycles. The second-order valence-corrected chi connectivity index (χ2v) is 7.05. The summed E-state index contributed by atoms with van der Waals surface area (Å²) >= 11 is 0. The lowest BCUT2D eigenvalue weighted by atomic mass is 10.2. The minimum atomic E-state index is 0.750. The summed E-state index contributed by atoms with van der Waals surface area (Å²) in [4.78, 5) is 14.0.